The first-order valence-electron chi connectivity index (χ1n) is 6.19. The maximum atomic E-state index is 12.0. The van der Waals surface area contributed by atoms with Crippen LogP contribution in [0.5, 0.6) is 5.75 Å². The van der Waals surface area contributed by atoms with Gasteiger partial charge in [-0.05, 0) is 36.5 Å². The van der Waals surface area contributed by atoms with Crippen molar-refractivity contribution in [1.29, 1.82) is 0 Å². The van der Waals surface area contributed by atoms with Gasteiger partial charge in [0.2, 0.25) is 5.91 Å². The fraction of sp³-hybridized carbons (Fsp3) is 0.500. The van der Waals surface area contributed by atoms with E-state index in [9.17, 15) is 4.79 Å². The highest BCUT2D eigenvalue weighted by Gasteiger charge is 2.45. The molecule has 1 aliphatic carbocycles. The Hall–Kier alpha value is -1.51. The highest BCUT2D eigenvalue weighted by Crippen LogP contribution is 2.41. The van der Waals surface area contributed by atoms with Crippen molar-refractivity contribution in [1.82, 2.24) is 4.90 Å². The summed E-state index contributed by atoms with van der Waals surface area (Å²) in [6.45, 7) is 1.70. The van der Waals surface area contributed by atoms with Gasteiger partial charge in [-0.3, -0.25) is 4.79 Å². The summed E-state index contributed by atoms with van der Waals surface area (Å²) in [5.74, 6) is 2.20. The Bertz CT molecular complexity index is 426. The summed E-state index contributed by atoms with van der Waals surface area (Å²) in [7, 11) is 1.66. The van der Waals surface area contributed by atoms with Gasteiger partial charge in [-0.2, -0.15) is 0 Å². The van der Waals surface area contributed by atoms with E-state index in [1.54, 1.807) is 7.11 Å². The number of rotatable bonds is 3. The lowest BCUT2D eigenvalue weighted by atomic mass is 9.76. The van der Waals surface area contributed by atoms with E-state index in [-0.39, 0.29) is 0 Å². The number of carbonyl (C=O) groups is 1. The number of ether oxygens (including phenoxy) is 1. The zero-order valence-corrected chi connectivity index (χ0v) is 10.1. The Morgan fingerprint density at radius 2 is 2.06 bits per heavy atom. The molecule has 3 nitrogen and oxygen atoms in total. The third-order valence-corrected chi connectivity index (χ3v) is 4.03. The fourth-order valence-electron chi connectivity index (χ4n) is 2.81. The molecule has 1 aromatic rings. The average Bonchev–Trinajstić information content (AvgIpc) is 2.52. The summed E-state index contributed by atoms with van der Waals surface area (Å²) in [5, 5.41) is 0. The van der Waals surface area contributed by atoms with E-state index >= 15 is 0 Å². The number of likely N-dealkylation sites (tertiary alicyclic amines) is 1. The second-order valence-electron chi connectivity index (χ2n) is 5.01. The SMILES string of the molecule is COc1ccc(CN2CC3CCC3C2=O)cc1. The topological polar surface area (TPSA) is 29.5 Å². The number of carbonyl (C=O) groups excluding carboxylic acids is 1. The van der Waals surface area contributed by atoms with Gasteiger partial charge in [0.05, 0.1) is 7.11 Å². The molecule has 0 bridgehead atoms. The number of hydrogen-bond donors (Lipinski definition) is 0. The van der Waals surface area contributed by atoms with Crippen LogP contribution in [0, 0.1) is 11.8 Å². The van der Waals surface area contributed by atoms with E-state index in [1.165, 1.54) is 12.0 Å². The molecule has 1 aromatic carbocycles. The largest absolute Gasteiger partial charge is 0.497 e. The van der Waals surface area contributed by atoms with Gasteiger partial charge in [-0.15, -0.1) is 0 Å². The lowest BCUT2D eigenvalue weighted by Crippen LogP contribution is -2.28. The van der Waals surface area contributed by atoms with Crippen molar-refractivity contribution in [2.45, 2.75) is 19.4 Å². The van der Waals surface area contributed by atoms with Crippen LogP contribution in [-0.4, -0.2) is 24.5 Å². The molecule has 0 radical (unpaired) electrons. The molecule has 1 saturated heterocycles. The molecule has 0 aromatic heterocycles. The lowest BCUT2D eigenvalue weighted by molar-refractivity contribution is -0.133. The minimum absolute atomic E-state index is 0.341. The average molecular weight is 231 g/mol. The van der Waals surface area contributed by atoms with E-state index in [0.717, 1.165) is 25.3 Å². The molecule has 0 N–H and O–H groups in total. The van der Waals surface area contributed by atoms with Gasteiger partial charge >= 0.3 is 0 Å². The van der Waals surface area contributed by atoms with Crippen molar-refractivity contribution in [3.63, 3.8) is 0 Å². The number of benzene rings is 1. The predicted octanol–water partition coefficient (Wildman–Crippen LogP) is 2.06. The summed E-state index contributed by atoms with van der Waals surface area (Å²) in [6.07, 6.45) is 2.33. The molecular weight excluding hydrogens is 214 g/mol. The maximum Gasteiger partial charge on any atom is 0.226 e. The molecule has 17 heavy (non-hydrogen) atoms. The van der Waals surface area contributed by atoms with Crippen LogP contribution in [0.2, 0.25) is 0 Å². The van der Waals surface area contributed by atoms with Crippen LogP contribution < -0.4 is 4.74 Å². The van der Waals surface area contributed by atoms with Gasteiger partial charge in [-0.1, -0.05) is 12.1 Å². The van der Waals surface area contributed by atoms with Crippen molar-refractivity contribution in [3.05, 3.63) is 29.8 Å². The Morgan fingerprint density at radius 3 is 2.53 bits per heavy atom. The van der Waals surface area contributed by atoms with Crippen LogP contribution in [0.4, 0.5) is 0 Å². The third kappa shape index (κ3) is 1.79. The number of amides is 1. The van der Waals surface area contributed by atoms with Crippen molar-refractivity contribution in [2.24, 2.45) is 11.8 Å². The molecule has 1 saturated carbocycles. The van der Waals surface area contributed by atoms with Crippen molar-refractivity contribution < 1.29 is 9.53 Å². The normalized spacial score (nSPS) is 26.6. The molecular formula is C14H17NO2. The summed E-state index contributed by atoms with van der Waals surface area (Å²) in [5.41, 5.74) is 1.18. The molecule has 3 rings (SSSR count). The molecule has 2 fully saturated rings. The standard InChI is InChI=1S/C14H17NO2/c1-17-12-5-2-10(3-6-12)8-15-9-11-4-7-13(11)14(15)16/h2-3,5-6,11,13H,4,7-9H2,1H3. The summed E-state index contributed by atoms with van der Waals surface area (Å²) in [6, 6.07) is 7.97. The first-order valence-corrected chi connectivity index (χ1v) is 6.19. The molecule has 3 heteroatoms. The van der Waals surface area contributed by atoms with Crippen molar-refractivity contribution in [3.8, 4) is 5.75 Å². The minimum Gasteiger partial charge on any atom is -0.497 e. The molecule has 1 amide bonds. The van der Waals surface area contributed by atoms with Crippen LogP contribution in [0.15, 0.2) is 24.3 Å². The fourth-order valence-corrected chi connectivity index (χ4v) is 2.81. The van der Waals surface area contributed by atoms with Gasteiger partial charge < -0.3 is 9.64 Å². The van der Waals surface area contributed by atoms with Gasteiger partial charge in [0.15, 0.2) is 0 Å². The van der Waals surface area contributed by atoms with Crippen LogP contribution in [0.25, 0.3) is 0 Å². The van der Waals surface area contributed by atoms with Crippen LogP contribution >= 0.6 is 0 Å². The van der Waals surface area contributed by atoms with Gasteiger partial charge in [-0.25, -0.2) is 0 Å². The van der Waals surface area contributed by atoms with E-state index in [0.29, 0.717) is 17.7 Å². The maximum absolute atomic E-state index is 12.0. The second-order valence-corrected chi connectivity index (χ2v) is 5.01. The minimum atomic E-state index is 0.341. The van der Waals surface area contributed by atoms with Gasteiger partial charge in [0.25, 0.3) is 0 Å². The highest BCUT2D eigenvalue weighted by atomic mass is 16.5. The van der Waals surface area contributed by atoms with Crippen molar-refractivity contribution in [2.75, 3.05) is 13.7 Å². The monoisotopic (exact) mass is 231 g/mol. The number of hydrogen-bond acceptors (Lipinski definition) is 2. The van der Waals surface area contributed by atoms with Crippen LogP contribution in [0.1, 0.15) is 18.4 Å². The molecule has 90 valence electrons. The molecule has 1 aliphatic heterocycles. The Kier molecular flexibility index (Phi) is 2.54. The predicted molar refractivity (Wildman–Crippen MR) is 64.6 cm³/mol. The van der Waals surface area contributed by atoms with E-state index < -0.39 is 0 Å². The first kappa shape index (κ1) is 10.6. The number of nitrogens with zero attached hydrogens (tertiary/aromatic N) is 1. The number of methoxy groups -OCH3 is 1. The first-order chi connectivity index (χ1) is 8.28. The second kappa shape index (κ2) is 4.06. The smallest absolute Gasteiger partial charge is 0.226 e. The highest BCUT2D eigenvalue weighted by molar-refractivity contribution is 5.82. The van der Waals surface area contributed by atoms with Crippen LogP contribution in [0.3, 0.4) is 0 Å². The van der Waals surface area contributed by atoms with E-state index in [4.69, 9.17) is 4.74 Å². The quantitative estimate of drug-likeness (QED) is 0.797. The zero-order chi connectivity index (χ0) is 11.8. The number of fused-ring (bicyclic) bond motifs is 1. The van der Waals surface area contributed by atoms with E-state index in [2.05, 4.69) is 0 Å². The Labute approximate surface area is 101 Å². The Morgan fingerprint density at radius 1 is 1.29 bits per heavy atom. The molecule has 2 aliphatic rings. The molecule has 2 unspecified atom stereocenters. The molecule has 2 atom stereocenters. The summed E-state index contributed by atoms with van der Waals surface area (Å²) < 4.78 is 5.12. The molecule has 1 heterocycles. The Balaban J connectivity index is 1.68. The summed E-state index contributed by atoms with van der Waals surface area (Å²) >= 11 is 0. The van der Waals surface area contributed by atoms with Crippen molar-refractivity contribution >= 4 is 5.91 Å². The van der Waals surface area contributed by atoms with E-state index in [1.807, 2.05) is 29.2 Å². The molecule has 0 spiro atoms. The zero-order valence-electron chi connectivity index (χ0n) is 10.1. The van der Waals surface area contributed by atoms with Gasteiger partial charge in [0, 0.05) is 19.0 Å². The van der Waals surface area contributed by atoms with Crippen LogP contribution in [-0.2, 0) is 11.3 Å². The lowest BCUT2D eigenvalue weighted by Gasteiger charge is -2.25. The third-order valence-electron chi connectivity index (χ3n) is 4.03. The van der Waals surface area contributed by atoms with Gasteiger partial charge in [0.1, 0.15) is 5.75 Å². The summed E-state index contributed by atoms with van der Waals surface area (Å²) in [4.78, 5) is 14.0.